The second kappa shape index (κ2) is 7.14. The maximum Gasteiger partial charge on any atom is 0.232 e. The highest BCUT2D eigenvalue weighted by Gasteiger charge is 2.32. The molecular formula is C19H26N2O2. The zero-order valence-corrected chi connectivity index (χ0v) is 14.7. The summed E-state index contributed by atoms with van der Waals surface area (Å²) in [6.45, 7) is 12.9. The van der Waals surface area contributed by atoms with Crippen LogP contribution >= 0.6 is 0 Å². The number of rotatable bonds is 6. The van der Waals surface area contributed by atoms with Crippen molar-refractivity contribution in [1.82, 2.24) is 4.98 Å². The molecule has 0 atom stereocenters. The van der Waals surface area contributed by atoms with Gasteiger partial charge in [-0.15, -0.1) is 0 Å². The fourth-order valence-corrected chi connectivity index (χ4v) is 2.77. The maximum atomic E-state index is 9.64. The van der Waals surface area contributed by atoms with Crippen molar-refractivity contribution in [3.63, 3.8) is 0 Å². The molecule has 0 radical (unpaired) electrons. The van der Waals surface area contributed by atoms with Crippen molar-refractivity contribution in [3.8, 4) is 11.9 Å². The second-order valence-electron chi connectivity index (χ2n) is 6.88. The van der Waals surface area contributed by atoms with Gasteiger partial charge >= 0.3 is 0 Å². The smallest absolute Gasteiger partial charge is 0.232 e. The van der Waals surface area contributed by atoms with E-state index >= 15 is 0 Å². The Morgan fingerprint density at radius 1 is 1.43 bits per heavy atom. The summed E-state index contributed by atoms with van der Waals surface area (Å²) >= 11 is 0. The van der Waals surface area contributed by atoms with E-state index in [9.17, 15) is 5.26 Å². The molecule has 1 aliphatic rings. The molecule has 2 rings (SSSR count). The summed E-state index contributed by atoms with van der Waals surface area (Å²) in [5, 5.41) is 9.64. The highest BCUT2D eigenvalue weighted by molar-refractivity contribution is 5.52. The predicted octanol–water partition coefficient (Wildman–Crippen LogP) is 4.10. The van der Waals surface area contributed by atoms with Crippen LogP contribution in [0.3, 0.4) is 0 Å². The standard InChI is InChI=1S/C19H26N2O2/c1-6-7-8-17-16-12-23-19(4,5)9-14(16)15(10-20)18(21-17)22-11-13(2)3/h2,6-9,11-12H2,1,3-5H3. The number of ether oxygens (including phenoxy) is 2. The third kappa shape index (κ3) is 4.11. The number of pyridine rings is 1. The molecular weight excluding hydrogens is 288 g/mol. The number of aromatic nitrogens is 1. The van der Waals surface area contributed by atoms with E-state index in [2.05, 4.69) is 38.4 Å². The monoisotopic (exact) mass is 314 g/mol. The number of fused-ring (bicyclic) bond motifs is 1. The highest BCUT2D eigenvalue weighted by Crippen LogP contribution is 2.35. The number of nitriles is 1. The van der Waals surface area contributed by atoms with Crippen molar-refractivity contribution in [2.24, 2.45) is 0 Å². The molecule has 2 heterocycles. The van der Waals surface area contributed by atoms with Gasteiger partial charge in [0.15, 0.2) is 0 Å². The summed E-state index contributed by atoms with van der Waals surface area (Å²) in [5.74, 6) is 0.443. The Morgan fingerprint density at radius 3 is 2.78 bits per heavy atom. The molecule has 124 valence electrons. The SMILES string of the molecule is C=C(C)COc1nc(CCCC)c2c(c1C#N)CC(C)(C)OC2. The minimum atomic E-state index is -0.270. The van der Waals surface area contributed by atoms with Crippen molar-refractivity contribution >= 4 is 0 Å². The van der Waals surface area contributed by atoms with E-state index in [4.69, 9.17) is 9.47 Å². The van der Waals surface area contributed by atoms with E-state index in [0.717, 1.165) is 41.7 Å². The molecule has 0 amide bonds. The van der Waals surface area contributed by atoms with Crippen LogP contribution < -0.4 is 4.74 Å². The molecule has 0 unspecified atom stereocenters. The van der Waals surface area contributed by atoms with E-state index < -0.39 is 0 Å². The van der Waals surface area contributed by atoms with Gasteiger partial charge in [0.05, 0.1) is 17.9 Å². The fourth-order valence-electron chi connectivity index (χ4n) is 2.77. The molecule has 23 heavy (non-hydrogen) atoms. The van der Waals surface area contributed by atoms with Crippen molar-refractivity contribution in [2.45, 2.75) is 65.6 Å². The summed E-state index contributed by atoms with van der Waals surface area (Å²) in [4.78, 5) is 4.65. The minimum Gasteiger partial charge on any atom is -0.472 e. The van der Waals surface area contributed by atoms with Crippen molar-refractivity contribution < 1.29 is 9.47 Å². The van der Waals surface area contributed by atoms with Gasteiger partial charge in [-0.25, -0.2) is 4.98 Å². The lowest BCUT2D eigenvalue weighted by atomic mass is 9.87. The van der Waals surface area contributed by atoms with Gasteiger partial charge in [0, 0.05) is 12.0 Å². The topological polar surface area (TPSA) is 55.1 Å². The first-order valence-electron chi connectivity index (χ1n) is 8.23. The Morgan fingerprint density at radius 2 is 2.17 bits per heavy atom. The lowest BCUT2D eigenvalue weighted by molar-refractivity contribution is -0.0408. The Balaban J connectivity index is 2.50. The normalized spacial score (nSPS) is 15.6. The van der Waals surface area contributed by atoms with E-state index in [-0.39, 0.29) is 5.60 Å². The van der Waals surface area contributed by atoms with Crippen LogP contribution in [0.5, 0.6) is 5.88 Å². The number of hydrogen-bond acceptors (Lipinski definition) is 4. The molecule has 1 aromatic heterocycles. The first-order valence-corrected chi connectivity index (χ1v) is 8.23. The number of nitrogens with zero attached hydrogens (tertiary/aromatic N) is 2. The molecule has 0 aliphatic carbocycles. The largest absolute Gasteiger partial charge is 0.472 e. The van der Waals surface area contributed by atoms with Crippen LogP contribution in [0, 0.1) is 11.3 Å². The molecule has 0 saturated carbocycles. The molecule has 0 N–H and O–H groups in total. The van der Waals surface area contributed by atoms with Crippen molar-refractivity contribution in [1.29, 1.82) is 5.26 Å². The van der Waals surface area contributed by atoms with E-state index in [1.54, 1.807) is 0 Å². The first kappa shape index (κ1) is 17.5. The molecule has 4 heteroatoms. The van der Waals surface area contributed by atoms with Crippen molar-refractivity contribution in [3.05, 3.63) is 34.5 Å². The van der Waals surface area contributed by atoms with Gasteiger partial charge in [-0.05, 0) is 44.7 Å². The quantitative estimate of drug-likeness (QED) is 0.742. The van der Waals surface area contributed by atoms with Gasteiger partial charge in [-0.1, -0.05) is 19.9 Å². The summed E-state index contributed by atoms with van der Waals surface area (Å²) in [6.07, 6.45) is 3.76. The van der Waals surface area contributed by atoms with Crippen LogP contribution in [-0.4, -0.2) is 17.2 Å². The third-order valence-corrected chi connectivity index (χ3v) is 4.01. The Hall–Kier alpha value is -1.86. The number of aryl methyl sites for hydroxylation is 1. The Bertz CT molecular complexity index is 642. The van der Waals surface area contributed by atoms with Gasteiger partial charge in [0.1, 0.15) is 18.2 Å². The predicted molar refractivity (Wildman–Crippen MR) is 90.4 cm³/mol. The van der Waals surface area contributed by atoms with Crippen LogP contribution in [0.1, 0.15) is 62.9 Å². The summed E-state index contributed by atoms with van der Waals surface area (Å²) < 4.78 is 11.7. The van der Waals surface area contributed by atoms with Crippen LogP contribution in [0.2, 0.25) is 0 Å². The highest BCUT2D eigenvalue weighted by atomic mass is 16.5. The second-order valence-corrected chi connectivity index (χ2v) is 6.88. The molecule has 0 saturated heterocycles. The van der Waals surface area contributed by atoms with Crippen LogP contribution in [0.25, 0.3) is 0 Å². The zero-order chi connectivity index (χ0) is 17.0. The Kier molecular flexibility index (Phi) is 5.43. The van der Waals surface area contributed by atoms with Crippen LogP contribution in [0.4, 0.5) is 0 Å². The van der Waals surface area contributed by atoms with Crippen LogP contribution in [0.15, 0.2) is 12.2 Å². The lowest BCUT2D eigenvalue weighted by Crippen LogP contribution is -2.33. The minimum absolute atomic E-state index is 0.270. The molecule has 0 bridgehead atoms. The molecule has 0 aromatic carbocycles. The van der Waals surface area contributed by atoms with Crippen molar-refractivity contribution in [2.75, 3.05) is 6.61 Å². The van der Waals surface area contributed by atoms with E-state index in [1.807, 2.05) is 6.92 Å². The first-order chi connectivity index (χ1) is 10.9. The summed E-state index contributed by atoms with van der Waals surface area (Å²) in [6, 6.07) is 2.30. The van der Waals surface area contributed by atoms with Gasteiger partial charge in [-0.2, -0.15) is 5.26 Å². The third-order valence-electron chi connectivity index (χ3n) is 4.01. The summed E-state index contributed by atoms with van der Waals surface area (Å²) in [7, 11) is 0. The molecule has 0 fully saturated rings. The summed E-state index contributed by atoms with van der Waals surface area (Å²) in [5.41, 5.74) is 4.32. The van der Waals surface area contributed by atoms with E-state index in [0.29, 0.717) is 31.1 Å². The average Bonchev–Trinajstić information content (AvgIpc) is 2.49. The molecule has 0 spiro atoms. The number of hydrogen-bond donors (Lipinski definition) is 0. The van der Waals surface area contributed by atoms with Gasteiger partial charge in [-0.3, -0.25) is 0 Å². The molecule has 1 aromatic rings. The molecule has 1 aliphatic heterocycles. The Labute approximate surface area is 139 Å². The van der Waals surface area contributed by atoms with Gasteiger partial charge in [0.25, 0.3) is 0 Å². The number of unbranched alkanes of at least 4 members (excludes halogenated alkanes) is 1. The lowest BCUT2D eigenvalue weighted by Gasteiger charge is -2.33. The van der Waals surface area contributed by atoms with E-state index in [1.165, 1.54) is 0 Å². The van der Waals surface area contributed by atoms with Crippen LogP contribution in [-0.2, 0) is 24.2 Å². The average molecular weight is 314 g/mol. The zero-order valence-electron chi connectivity index (χ0n) is 14.7. The maximum absolute atomic E-state index is 9.64. The van der Waals surface area contributed by atoms with Gasteiger partial charge in [0.2, 0.25) is 5.88 Å². The van der Waals surface area contributed by atoms with Gasteiger partial charge < -0.3 is 9.47 Å². The fraction of sp³-hybridized carbons (Fsp3) is 0.579. The molecule has 4 nitrogen and oxygen atoms in total.